The molecule has 0 fully saturated rings. The Balaban J connectivity index is 1.78. The molecule has 0 spiro atoms. The smallest absolute Gasteiger partial charge is 0.262 e. The minimum Gasteiger partial charge on any atom is -0.333 e. The number of benzene rings is 2. The van der Waals surface area contributed by atoms with Crippen molar-refractivity contribution < 1.29 is 4.52 Å². The molecule has 124 valence electrons. The molecule has 5 nitrogen and oxygen atoms in total. The normalized spacial score (nSPS) is 11.0. The Kier molecular flexibility index (Phi) is 3.86. The van der Waals surface area contributed by atoms with Gasteiger partial charge in [-0.15, -0.1) is 0 Å². The van der Waals surface area contributed by atoms with E-state index in [1.807, 2.05) is 73.1 Å². The van der Waals surface area contributed by atoms with Crippen molar-refractivity contribution in [1.29, 1.82) is 0 Å². The monoisotopic (exact) mass is 350 g/mol. The zero-order valence-electron chi connectivity index (χ0n) is 13.8. The Bertz CT molecular complexity index is 1040. The summed E-state index contributed by atoms with van der Waals surface area (Å²) in [5, 5.41) is 9.34. The summed E-state index contributed by atoms with van der Waals surface area (Å²) in [6, 6.07) is 17.3. The van der Waals surface area contributed by atoms with Gasteiger partial charge in [0.15, 0.2) is 0 Å². The molecule has 0 unspecified atom stereocenters. The first-order chi connectivity index (χ1) is 12.1. The van der Waals surface area contributed by atoms with Gasteiger partial charge in [-0.3, -0.25) is 0 Å². The topological polar surface area (TPSA) is 56.7 Å². The van der Waals surface area contributed by atoms with E-state index in [-0.39, 0.29) is 0 Å². The lowest BCUT2D eigenvalue weighted by atomic mass is 10.2. The number of halogens is 1. The van der Waals surface area contributed by atoms with Crippen LogP contribution < -0.4 is 0 Å². The Hall–Kier alpha value is -2.92. The van der Waals surface area contributed by atoms with Gasteiger partial charge >= 0.3 is 0 Å². The first kappa shape index (κ1) is 15.6. The van der Waals surface area contributed by atoms with Gasteiger partial charge in [-0.25, -0.2) is 4.68 Å². The highest BCUT2D eigenvalue weighted by atomic mass is 35.5. The molecule has 2 aromatic heterocycles. The second-order valence-corrected chi connectivity index (χ2v) is 6.16. The molecule has 0 N–H and O–H groups in total. The van der Waals surface area contributed by atoms with Gasteiger partial charge in [0.2, 0.25) is 5.82 Å². The molecule has 0 amide bonds. The second kappa shape index (κ2) is 6.18. The van der Waals surface area contributed by atoms with Gasteiger partial charge in [0.05, 0.1) is 22.6 Å². The molecule has 2 heterocycles. The van der Waals surface area contributed by atoms with E-state index < -0.39 is 0 Å². The van der Waals surface area contributed by atoms with Crippen molar-refractivity contribution in [3.63, 3.8) is 0 Å². The van der Waals surface area contributed by atoms with Gasteiger partial charge in [0.25, 0.3) is 5.89 Å². The van der Waals surface area contributed by atoms with E-state index >= 15 is 0 Å². The lowest BCUT2D eigenvalue weighted by Crippen LogP contribution is -1.98. The number of hydrogen-bond donors (Lipinski definition) is 0. The van der Waals surface area contributed by atoms with Crippen LogP contribution in [0.2, 0.25) is 5.02 Å². The third-order valence-electron chi connectivity index (χ3n) is 4.01. The molecule has 0 saturated carbocycles. The minimum atomic E-state index is 0.451. The zero-order valence-corrected chi connectivity index (χ0v) is 14.5. The first-order valence-corrected chi connectivity index (χ1v) is 8.23. The summed E-state index contributed by atoms with van der Waals surface area (Å²) in [6.07, 6.45) is 0. The minimum absolute atomic E-state index is 0.451. The van der Waals surface area contributed by atoms with Crippen LogP contribution in [0.5, 0.6) is 0 Å². The number of hydrogen-bond acceptors (Lipinski definition) is 4. The van der Waals surface area contributed by atoms with Gasteiger partial charge in [-0.05, 0) is 38.1 Å². The average molecular weight is 351 g/mol. The van der Waals surface area contributed by atoms with E-state index in [9.17, 15) is 0 Å². The van der Waals surface area contributed by atoms with E-state index in [1.54, 1.807) is 0 Å². The van der Waals surface area contributed by atoms with Gasteiger partial charge in [-0.2, -0.15) is 10.1 Å². The summed E-state index contributed by atoms with van der Waals surface area (Å²) in [5.41, 5.74) is 4.44. The molecule has 0 bridgehead atoms. The highest BCUT2D eigenvalue weighted by Crippen LogP contribution is 2.29. The van der Waals surface area contributed by atoms with Crippen molar-refractivity contribution in [2.45, 2.75) is 13.8 Å². The van der Waals surface area contributed by atoms with Crippen LogP contribution in [-0.2, 0) is 0 Å². The Labute approximate surface area is 149 Å². The molecule has 0 atom stereocenters. The van der Waals surface area contributed by atoms with Crippen molar-refractivity contribution in [1.82, 2.24) is 19.9 Å². The standard InChI is InChI=1S/C19H15ClN4O/c1-12-17(13(2)24(22-12)16-9-4-3-5-10-16)19-21-18(23-25-19)14-7-6-8-15(20)11-14/h3-11H,1-2H3. The third kappa shape index (κ3) is 2.83. The van der Waals surface area contributed by atoms with Crippen LogP contribution in [0.25, 0.3) is 28.5 Å². The molecule has 0 aliphatic heterocycles. The fourth-order valence-corrected chi connectivity index (χ4v) is 3.03. The highest BCUT2D eigenvalue weighted by Gasteiger charge is 2.20. The fraction of sp³-hybridized carbons (Fsp3) is 0.105. The zero-order chi connectivity index (χ0) is 17.4. The average Bonchev–Trinajstić information content (AvgIpc) is 3.20. The summed E-state index contributed by atoms with van der Waals surface area (Å²) >= 11 is 6.04. The molecule has 4 rings (SSSR count). The van der Waals surface area contributed by atoms with Crippen LogP contribution in [0.1, 0.15) is 11.4 Å². The summed E-state index contributed by atoms with van der Waals surface area (Å²) in [6.45, 7) is 3.93. The van der Waals surface area contributed by atoms with Crippen LogP contribution in [0.3, 0.4) is 0 Å². The van der Waals surface area contributed by atoms with Crippen LogP contribution in [0.4, 0.5) is 0 Å². The Morgan fingerprint density at radius 1 is 1.00 bits per heavy atom. The molecule has 0 aliphatic carbocycles. The van der Waals surface area contributed by atoms with E-state index in [4.69, 9.17) is 16.1 Å². The molecule has 2 aromatic carbocycles. The lowest BCUT2D eigenvalue weighted by Gasteiger charge is -2.03. The molecular formula is C19H15ClN4O. The molecule has 0 saturated heterocycles. The maximum Gasteiger partial charge on any atom is 0.262 e. The summed E-state index contributed by atoms with van der Waals surface area (Å²) in [4.78, 5) is 4.53. The largest absolute Gasteiger partial charge is 0.333 e. The summed E-state index contributed by atoms with van der Waals surface area (Å²) in [7, 11) is 0. The predicted octanol–water partition coefficient (Wildman–Crippen LogP) is 4.86. The van der Waals surface area contributed by atoms with Crippen LogP contribution in [-0.4, -0.2) is 19.9 Å². The molecule has 0 aliphatic rings. The molecular weight excluding hydrogens is 336 g/mol. The van der Waals surface area contributed by atoms with Crippen LogP contribution in [0, 0.1) is 13.8 Å². The van der Waals surface area contributed by atoms with Crippen molar-refractivity contribution in [2.24, 2.45) is 0 Å². The summed E-state index contributed by atoms with van der Waals surface area (Å²) in [5.74, 6) is 0.955. The first-order valence-electron chi connectivity index (χ1n) is 7.85. The van der Waals surface area contributed by atoms with Crippen molar-refractivity contribution in [2.75, 3.05) is 0 Å². The number of rotatable bonds is 3. The lowest BCUT2D eigenvalue weighted by molar-refractivity contribution is 0.432. The number of aromatic nitrogens is 4. The number of aryl methyl sites for hydroxylation is 1. The SMILES string of the molecule is Cc1nn(-c2ccccc2)c(C)c1-c1nc(-c2cccc(Cl)c2)no1. The van der Waals surface area contributed by atoms with E-state index in [1.165, 1.54) is 0 Å². The van der Waals surface area contributed by atoms with Crippen molar-refractivity contribution in [3.8, 4) is 28.5 Å². The van der Waals surface area contributed by atoms with Gasteiger partial charge < -0.3 is 4.52 Å². The summed E-state index contributed by atoms with van der Waals surface area (Å²) < 4.78 is 7.38. The van der Waals surface area contributed by atoms with E-state index in [0.29, 0.717) is 16.7 Å². The molecule has 6 heteroatoms. The number of nitrogens with zero attached hydrogens (tertiary/aromatic N) is 4. The number of para-hydroxylation sites is 1. The Morgan fingerprint density at radius 3 is 2.56 bits per heavy atom. The maximum atomic E-state index is 6.04. The molecule has 4 aromatic rings. The fourth-order valence-electron chi connectivity index (χ4n) is 2.84. The maximum absolute atomic E-state index is 6.04. The van der Waals surface area contributed by atoms with Crippen LogP contribution in [0.15, 0.2) is 59.1 Å². The quantitative estimate of drug-likeness (QED) is 0.529. The van der Waals surface area contributed by atoms with Gasteiger partial charge in [-0.1, -0.05) is 47.1 Å². The van der Waals surface area contributed by atoms with Crippen molar-refractivity contribution in [3.05, 3.63) is 71.0 Å². The molecule has 0 radical (unpaired) electrons. The van der Waals surface area contributed by atoms with E-state index in [2.05, 4.69) is 15.2 Å². The Morgan fingerprint density at radius 2 is 1.80 bits per heavy atom. The second-order valence-electron chi connectivity index (χ2n) is 5.73. The highest BCUT2D eigenvalue weighted by molar-refractivity contribution is 6.30. The van der Waals surface area contributed by atoms with Gasteiger partial charge in [0, 0.05) is 10.6 Å². The third-order valence-corrected chi connectivity index (χ3v) is 4.25. The van der Waals surface area contributed by atoms with E-state index in [0.717, 1.165) is 28.2 Å². The van der Waals surface area contributed by atoms with Crippen LogP contribution >= 0.6 is 11.6 Å². The predicted molar refractivity (Wildman–Crippen MR) is 96.8 cm³/mol. The van der Waals surface area contributed by atoms with Crippen molar-refractivity contribution >= 4 is 11.6 Å². The van der Waals surface area contributed by atoms with Gasteiger partial charge in [0.1, 0.15) is 0 Å². The molecule has 25 heavy (non-hydrogen) atoms.